The molecule has 0 bridgehead atoms. The molecule has 0 aliphatic carbocycles. The highest BCUT2D eigenvalue weighted by molar-refractivity contribution is 9.09. The van der Waals surface area contributed by atoms with Crippen molar-refractivity contribution in [3.8, 4) is 0 Å². The number of rotatable bonds is 6. The van der Waals surface area contributed by atoms with Crippen LogP contribution in [0.2, 0.25) is 0 Å². The predicted molar refractivity (Wildman–Crippen MR) is 74.6 cm³/mol. The van der Waals surface area contributed by atoms with E-state index in [2.05, 4.69) is 21.2 Å². The zero-order valence-corrected chi connectivity index (χ0v) is 11.8. The molecule has 2 atom stereocenters. The first-order chi connectivity index (χ1) is 8.06. The van der Waals surface area contributed by atoms with E-state index in [0.29, 0.717) is 12.1 Å². The summed E-state index contributed by atoms with van der Waals surface area (Å²) in [5, 5.41) is 3.25. The van der Waals surface area contributed by atoms with Gasteiger partial charge in [0.1, 0.15) is 0 Å². The summed E-state index contributed by atoms with van der Waals surface area (Å²) in [6.45, 7) is 4.45. The van der Waals surface area contributed by atoms with Gasteiger partial charge in [-0.15, -0.1) is 0 Å². The number of ketones is 1. The van der Waals surface area contributed by atoms with Crippen LogP contribution in [0, 0.1) is 0 Å². The van der Waals surface area contributed by atoms with Gasteiger partial charge in [-0.25, -0.2) is 0 Å². The third-order valence-electron chi connectivity index (χ3n) is 2.44. The van der Waals surface area contributed by atoms with Gasteiger partial charge in [0.15, 0.2) is 5.78 Å². The van der Waals surface area contributed by atoms with Gasteiger partial charge in [-0.3, -0.25) is 4.79 Å². The van der Waals surface area contributed by atoms with Gasteiger partial charge in [0, 0.05) is 23.0 Å². The lowest BCUT2D eigenvalue weighted by Gasteiger charge is -2.24. The fraction of sp³-hybridized carbons (Fsp3) is 0.462. The van der Waals surface area contributed by atoms with E-state index >= 15 is 0 Å². The number of hydrogen-bond donors (Lipinski definition) is 2. The van der Waals surface area contributed by atoms with Gasteiger partial charge in [0.05, 0.1) is 6.04 Å². The lowest BCUT2D eigenvalue weighted by atomic mass is 10.0. The quantitative estimate of drug-likeness (QED) is 0.623. The van der Waals surface area contributed by atoms with Crippen molar-refractivity contribution in [3.05, 3.63) is 35.9 Å². The van der Waals surface area contributed by atoms with E-state index in [9.17, 15) is 4.79 Å². The molecule has 0 amide bonds. The summed E-state index contributed by atoms with van der Waals surface area (Å²) in [6, 6.07) is 9.23. The van der Waals surface area contributed by atoms with E-state index in [-0.39, 0.29) is 22.7 Å². The molecule has 17 heavy (non-hydrogen) atoms. The van der Waals surface area contributed by atoms with Gasteiger partial charge in [-0.2, -0.15) is 0 Å². The minimum absolute atomic E-state index is 0.0578. The molecule has 3 N–H and O–H groups in total. The normalized spacial score (nSPS) is 14.6. The smallest absolute Gasteiger partial charge is 0.180 e. The Morgan fingerprint density at radius 1 is 1.35 bits per heavy atom. The molecular weight excluding hydrogens is 280 g/mol. The molecule has 0 aromatic heterocycles. The first-order valence-electron chi connectivity index (χ1n) is 5.75. The summed E-state index contributed by atoms with van der Waals surface area (Å²) in [5.41, 5.74) is 6.34. The number of benzene rings is 1. The standard InChI is InChI=1S/C13H19BrN2O/c1-9(2)16-12(11(14)8-15)13(17)10-6-4-3-5-7-10/h3-7,9,11-12,16H,8,15H2,1-2H3. The van der Waals surface area contributed by atoms with E-state index in [1.165, 1.54) is 0 Å². The highest BCUT2D eigenvalue weighted by Crippen LogP contribution is 2.12. The van der Waals surface area contributed by atoms with Crippen LogP contribution in [0.25, 0.3) is 0 Å². The van der Waals surface area contributed by atoms with Gasteiger partial charge in [-0.1, -0.05) is 60.1 Å². The van der Waals surface area contributed by atoms with Crippen molar-refractivity contribution in [1.29, 1.82) is 0 Å². The number of Topliss-reactive ketones (excluding diaryl/α,β-unsaturated/α-hetero) is 1. The van der Waals surface area contributed by atoms with Gasteiger partial charge in [0.25, 0.3) is 0 Å². The SMILES string of the molecule is CC(C)NC(C(=O)c1ccccc1)C(Br)CN. The number of carbonyl (C=O) groups is 1. The number of hydrogen-bond acceptors (Lipinski definition) is 3. The average Bonchev–Trinajstić information content (AvgIpc) is 2.35. The highest BCUT2D eigenvalue weighted by Gasteiger charge is 2.26. The minimum Gasteiger partial charge on any atom is -0.329 e. The molecule has 0 spiro atoms. The Morgan fingerprint density at radius 2 is 1.94 bits per heavy atom. The second-order valence-electron chi connectivity index (χ2n) is 4.28. The maximum Gasteiger partial charge on any atom is 0.180 e. The van der Waals surface area contributed by atoms with Gasteiger partial charge in [0.2, 0.25) is 0 Å². The molecule has 0 heterocycles. The number of alkyl halides is 1. The largest absolute Gasteiger partial charge is 0.329 e. The van der Waals surface area contributed by atoms with E-state index in [4.69, 9.17) is 5.73 Å². The molecule has 0 aliphatic rings. The molecule has 2 unspecified atom stereocenters. The van der Waals surface area contributed by atoms with Crippen LogP contribution < -0.4 is 11.1 Å². The lowest BCUT2D eigenvalue weighted by Crippen LogP contribution is -2.49. The molecule has 4 heteroatoms. The second kappa shape index (κ2) is 6.89. The predicted octanol–water partition coefficient (Wildman–Crippen LogP) is 1.96. The molecule has 0 fully saturated rings. The first-order valence-corrected chi connectivity index (χ1v) is 6.67. The van der Waals surface area contributed by atoms with Crippen molar-refractivity contribution in [1.82, 2.24) is 5.32 Å². The maximum atomic E-state index is 12.3. The molecular formula is C13H19BrN2O. The molecule has 0 aliphatic heterocycles. The Kier molecular flexibility index (Phi) is 5.82. The zero-order valence-electron chi connectivity index (χ0n) is 10.2. The summed E-state index contributed by atoms with van der Waals surface area (Å²) in [6.07, 6.45) is 0. The lowest BCUT2D eigenvalue weighted by molar-refractivity contribution is 0.0938. The molecule has 1 aromatic rings. The van der Waals surface area contributed by atoms with E-state index < -0.39 is 0 Å². The van der Waals surface area contributed by atoms with Crippen molar-refractivity contribution in [2.24, 2.45) is 5.73 Å². The molecule has 0 saturated carbocycles. The number of nitrogens with one attached hydrogen (secondary N) is 1. The van der Waals surface area contributed by atoms with Crippen molar-refractivity contribution < 1.29 is 4.79 Å². The van der Waals surface area contributed by atoms with Crippen LogP contribution in [0.15, 0.2) is 30.3 Å². The van der Waals surface area contributed by atoms with Gasteiger partial charge < -0.3 is 11.1 Å². The average molecular weight is 299 g/mol. The third-order valence-corrected chi connectivity index (χ3v) is 3.34. The maximum absolute atomic E-state index is 12.3. The molecule has 3 nitrogen and oxygen atoms in total. The Bertz CT molecular complexity index is 354. The first kappa shape index (κ1) is 14.4. The zero-order chi connectivity index (χ0) is 12.8. The molecule has 0 saturated heterocycles. The third kappa shape index (κ3) is 4.22. The van der Waals surface area contributed by atoms with Gasteiger partial charge in [-0.05, 0) is 0 Å². The van der Waals surface area contributed by atoms with Crippen LogP contribution in [-0.4, -0.2) is 29.2 Å². The van der Waals surface area contributed by atoms with Crippen LogP contribution in [0.5, 0.6) is 0 Å². The fourth-order valence-electron chi connectivity index (χ4n) is 1.62. The summed E-state index contributed by atoms with van der Waals surface area (Å²) in [5.74, 6) is 0.0756. The Hall–Kier alpha value is -0.710. The van der Waals surface area contributed by atoms with Crippen LogP contribution in [0.4, 0.5) is 0 Å². The van der Waals surface area contributed by atoms with Crippen molar-refractivity contribution in [2.75, 3.05) is 6.54 Å². The highest BCUT2D eigenvalue weighted by atomic mass is 79.9. The van der Waals surface area contributed by atoms with Crippen molar-refractivity contribution in [2.45, 2.75) is 30.8 Å². The molecule has 94 valence electrons. The molecule has 1 aromatic carbocycles. The Balaban J connectivity index is 2.87. The van der Waals surface area contributed by atoms with E-state index in [1.54, 1.807) is 0 Å². The Morgan fingerprint density at radius 3 is 2.41 bits per heavy atom. The molecule has 1 rings (SSSR count). The van der Waals surface area contributed by atoms with E-state index in [0.717, 1.165) is 0 Å². The number of carbonyl (C=O) groups excluding carboxylic acids is 1. The van der Waals surface area contributed by atoms with E-state index in [1.807, 2.05) is 44.2 Å². The Labute approximate surface area is 111 Å². The van der Waals surface area contributed by atoms with Crippen molar-refractivity contribution in [3.63, 3.8) is 0 Å². The van der Waals surface area contributed by atoms with Crippen molar-refractivity contribution >= 4 is 21.7 Å². The van der Waals surface area contributed by atoms with Crippen LogP contribution in [0.1, 0.15) is 24.2 Å². The summed E-state index contributed by atoms with van der Waals surface area (Å²) in [4.78, 5) is 12.3. The topological polar surface area (TPSA) is 55.1 Å². The fourth-order valence-corrected chi connectivity index (χ4v) is 2.01. The number of nitrogens with two attached hydrogens (primary N) is 1. The monoisotopic (exact) mass is 298 g/mol. The summed E-state index contributed by atoms with van der Waals surface area (Å²) >= 11 is 3.46. The van der Waals surface area contributed by atoms with Crippen LogP contribution in [0.3, 0.4) is 0 Å². The van der Waals surface area contributed by atoms with Crippen LogP contribution in [-0.2, 0) is 0 Å². The van der Waals surface area contributed by atoms with Crippen LogP contribution >= 0.6 is 15.9 Å². The minimum atomic E-state index is -0.289. The second-order valence-corrected chi connectivity index (χ2v) is 5.46. The van der Waals surface area contributed by atoms with Gasteiger partial charge >= 0.3 is 0 Å². The summed E-state index contributed by atoms with van der Waals surface area (Å²) in [7, 11) is 0. The number of halogens is 1. The summed E-state index contributed by atoms with van der Waals surface area (Å²) < 4.78 is 0. The molecule has 0 radical (unpaired) electrons.